The smallest absolute Gasteiger partial charge is 0.203 e. The summed E-state index contributed by atoms with van der Waals surface area (Å²) < 4.78 is 39.6. The van der Waals surface area contributed by atoms with Gasteiger partial charge in [-0.25, -0.2) is 8.42 Å². The maximum Gasteiger partial charge on any atom is 0.203 e. The van der Waals surface area contributed by atoms with Crippen LogP contribution >= 0.6 is 0 Å². The molecule has 0 aliphatic carbocycles. The van der Waals surface area contributed by atoms with Crippen LogP contribution in [0.25, 0.3) is 0 Å². The summed E-state index contributed by atoms with van der Waals surface area (Å²) in [4.78, 5) is 4.36. The third-order valence-corrected chi connectivity index (χ3v) is 6.42. The number of methoxy groups -OCH3 is 3. The Morgan fingerprint density at radius 2 is 1.63 bits per heavy atom. The number of hydrogen-bond donors (Lipinski definition) is 2. The molecular weight excluding hydrogens is 370 g/mol. The normalized spacial score (nSPS) is 12.5. The van der Waals surface area contributed by atoms with E-state index in [0.717, 1.165) is 0 Å². The summed E-state index contributed by atoms with van der Waals surface area (Å²) in [5.41, 5.74) is 0.669. The van der Waals surface area contributed by atoms with Gasteiger partial charge in [0.25, 0.3) is 0 Å². The second-order valence-electron chi connectivity index (χ2n) is 6.73. The van der Waals surface area contributed by atoms with Crippen molar-refractivity contribution in [3.63, 3.8) is 0 Å². The number of hydrogen-bond acceptors (Lipinski definition) is 6. The summed E-state index contributed by atoms with van der Waals surface area (Å²) in [7, 11) is 1.38. The predicted octanol–water partition coefficient (Wildman–Crippen LogP) is 2.30. The molecule has 1 rings (SSSR count). The summed E-state index contributed by atoms with van der Waals surface area (Å²) in [5, 5.41) is 6.23. The molecule has 154 valence electrons. The van der Waals surface area contributed by atoms with Crippen molar-refractivity contribution >= 4 is 21.5 Å². The number of benzene rings is 1. The summed E-state index contributed by atoms with van der Waals surface area (Å²) in [6, 6.07) is 3.50. The summed E-state index contributed by atoms with van der Waals surface area (Å²) >= 11 is 0. The van der Waals surface area contributed by atoms with Gasteiger partial charge in [0, 0.05) is 24.4 Å². The highest BCUT2D eigenvalue weighted by atomic mass is 32.2. The van der Waals surface area contributed by atoms with E-state index in [9.17, 15) is 8.42 Å². The third-order valence-electron chi connectivity index (χ3n) is 3.83. The Kier molecular flexibility index (Phi) is 8.20. The third kappa shape index (κ3) is 6.20. The number of guanidine groups is 1. The monoisotopic (exact) mass is 401 g/mol. The van der Waals surface area contributed by atoms with Crippen LogP contribution in [0.3, 0.4) is 0 Å². The largest absolute Gasteiger partial charge is 0.493 e. The molecule has 0 aliphatic rings. The highest BCUT2D eigenvalue weighted by molar-refractivity contribution is 7.92. The van der Waals surface area contributed by atoms with Crippen LogP contribution in [0.15, 0.2) is 17.1 Å². The minimum atomic E-state index is -3.23. The van der Waals surface area contributed by atoms with Crippen molar-refractivity contribution in [2.75, 3.05) is 45.5 Å². The first-order valence-corrected chi connectivity index (χ1v) is 10.3. The van der Waals surface area contributed by atoms with Crippen molar-refractivity contribution in [2.45, 2.75) is 32.4 Å². The van der Waals surface area contributed by atoms with E-state index in [-0.39, 0.29) is 12.3 Å². The molecule has 0 aliphatic heterocycles. The molecule has 0 amide bonds. The molecule has 9 heteroatoms. The Bertz CT molecular complexity index is 730. The number of aliphatic imine (C=N–C) groups is 1. The van der Waals surface area contributed by atoms with Crippen molar-refractivity contribution in [1.82, 2.24) is 5.32 Å². The SMILES string of the molecule is CCNC(=NCCS(=O)(=O)C(C)(C)C)Nc1cc(OC)c(OC)c(OC)c1. The van der Waals surface area contributed by atoms with Crippen LogP contribution in [-0.2, 0) is 9.84 Å². The molecule has 2 N–H and O–H groups in total. The van der Waals surface area contributed by atoms with Gasteiger partial charge in [-0.2, -0.15) is 0 Å². The van der Waals surface area contributed by atoms with E-state index in [1.54, 1.807) is 32.9 Å². The number of nitrogens with one attached hydrogen (secondary N) is 2. The number of sulfone groups is 1. The Morgan fingerprint density at radius 3 is 2.04 bits per heavy atom. The van der Waals surface area contributed by atoms with E-state index < -0.39 is 14.6 Å². The minimum absolute atomic E-state index is 0.0255. The fourth-order valence-electron chi connectivity index (χ4n) is 2.18. The molecule has 0 fully saturated rings. The number of ether oxygens (including phenoxy) is 3. The predicted molar refractivity (Wildman–Crippen MR) is 109 cm³/mol. The zero-order chi connectivity index (χ0) is 20.7. The standard InChI is InChI=1S/C18H31N3O5S/c1-8-19-17(20-9-10-27(22,23)18(2,3)4)21-13-11-14(24-5)16(26-7)15(12-13)25-6/h11-12H,8-10H2,1-7H3,(H2,19,20,21). The molecule has 0 bridgehead atoms. The fourth-order valence-corrected chi connectivity index (χ4v) is 3.12. The maximum atomic E-state index is 12.2. The van der Waals surface area contributed by atoms with Gasteiger partial charge in [-0.1, -0.05) is 0 Å². The van der Waals surface area contributed by atoms with Gasteiger partial charge in [-0.15, -0.1) is 0 Å². The molecule has 1 aromatic rings. The van der Waals surface area contributed by atoms with Crippen molar-refractivity contribution in [3.8, 4) is 17.2 Å². The molecule has 0 heterocycles. The molecule has 0 saturated heterocycles. The maximum absolute atomic E-state index is 12.2. The first-order chi connectivity index (χ1) is 12.6. The van der Waals surface area contributed by atoms with Crippen molar-refractivity contribution < 1.29 is 22.6 Å². The van der Waals surface area contributed by atoms with Crippen LogP contribution in [0.4, 0.5) is 5.69 Å². The van der Waals surface area contributed by atoms with E-state index in [1.807, 2.05) is 6.92 Å². The van der Waals surface area contributed by atoms with Gasteiger partial charge in [-0.05, 0) is 27.7 Å². The Morgan fingerprint density at radius 1 is 1.07 bits per heavy atom. The molecule has 1 aromatic carbocycles. The molecule has 0 saturated carbocycles. The van der Waals surface area contributed by atoms with Gasteiger partial charge in [0.15, 0.2) is 27.3 Å². The molecule has 0 spiro atoms. The van der Waals surface area contributed by atoms with E-state index in [1.165, 1.54) is 21.3 Å². The minimum Gasteiger partial charge on any atom is -0.493 e. The molecule has 0 radical (unpaired) electrons. The highest BCUT2D eigenvalue weighted by Gasteiger charge is 2.28. The lowest BCUT2D eigenvalue weighted by Gasteiger charge is -2.19. The zero-order valence-electron chi connectivity index (χ0n) is 17.2. The lowest BCUT2D eigenvalue weighted by Crippen LogP contribution is -2.33. The van der Waals surface area contributed by atoms with Gasteiger partial charge in [-0.3, -0.25) is 4.99 Å². The van der Waals surface area contributed by atoms with Crippen LogP contribution in [0, 0.1) is 0 Å². The zero-order valence-corrected chi connectivity index (χ0v) is 18.0. The second kappa shape index (κ2) is 9.68. The van der Waals surface area contributed by atoms with Crippen LogP contribution in [-0.4, -0.2) is 59.3 Å². The van der Waals surface area contributed by atoms with Gasteiger partial charge < -0.3 is 24.8 Å². The molecule has 0 unspecified atom stereocenters. The Hall–Kier alpha value is -2.16. The quantitative estimate of drug-likeness (QED) is 0.509. The van der Waals surface area contributed by atoms with Crippen molar-refractivity contribution in [2.24, 2.45) is 4.99 Å². The molecule has 0 aromatic heterocycles. The van der Waals surface area contributed by atoms with E-state index in [2.05, 4.69) is 15.6 Å². The van der Waals surface area contributed by atoms with E-state index in [4.69, 9.17) is 14.2 Å². The van der Waals surface area contributed by atoms with E-state index in [0.29, 0.717) is 35.4 Å². The Balaban J connectivity index is 3.03. The molecular formula is C18H31N3O5S. The number of anilines is 1. The van der Waals surface area contributed by atoms with Crippen LogP contribution in [0.2, 0.25) is 0 Å². The van der Waals surface area contributed by atoms with E-state index >= 15 is 0 Å². The van der Waals surface area contributed by atoms with Gasteiger partial charge >= 0.3 is 0 Å². The Labute approximate surface area is 162 Å². The van der Waals surface area contributed by atoms with Crippen molar-refractivity contribution in [1.29, 1.82) is 0 Å². The number of rotatable bonds is 8. The van der Waals surface area contributed by atoms with Crippen LogP contribution in [0.1, 0.15) is 27.7 Å². The fraction of sp³-hybridized carbons (Fsp3) is 0.611. The molecule has 8 nitrogen and oxygen atoms in total. The van der Waals surface area contributed by atoms with Crippen LogP contribution < -0.4 is 24.8 Å². The van der Waals surface area contributed by atoms with Crippen molar-refractivity contribution in [3.05, 3.63) is 12.1 Å². The average molecular weight is 402 g/mol. The lowest BCUT2D eigenvalue weighted by molar-refractivity contribution is 0.324. The average Bonchev–Trinajstić information content (AvgIpc) is 2.59. The van der Waals surface area contributed by atoms with Gasteiger partial charge in [0.05, 0.1) is 38.4 Å². The first-order valence-electron chi connectivity index (χ1n) is 8.67. The summed E-state index contributed by atoms with van der Waals surface area (Å²) in [6.07, 6.45) is 0. The van der Waals surface area contributed by atoms with Gasteiger partial charge in [0.2, 0.25) is 5.75 Å². The number of nitrogens with zero attached hydrogens (tertiary/aromatic N) is 1. The van der Waals surface area contributed by atoms with Gasteiger partial charge in [0.1, 0.15) is 0 Å². The molecule has 27 heavy (non-hydrogen) atoms. The summed E-state index contributed by atoms with van der Waals surface area (Å²) in [5.74, 6) is 1.94. The lowest BCUT2D eigenvalue weighted by atomic mass is 10.2. The first kappa shape index (κ1) is 22.9. The topological polar surface area (TPSA) is 98.3 Å². The second-order valence-corrected chi connectivity index (χ2v) is 9.59. The highest BCUT2D eigenvalue weighted by Crippen LogP contribution is 2.39. The molecule has 0 atom stereocenters. The summed E-state index contributed by atoms with van der Waals surface area (Å²) in [6.45, 7) is 7.77. The van der Waals surface area contributed by atoms with Crippen LogP contribution in [0.5, 0.6) is 17.2 Å².